The molecule has 0 radical (unpaired) electrons. The van der Waals surface area contributed by atoms with Crippen molar-refractivity contribution in [2.75, 3.05) is 0 Å². The van der Waals surface area contributed by atoms with Crippen LogP contribution in [0, 0.1) is 17.2 Å². The van der Waals surface area contributed by atoms with Gasteiger partial charge in [-0.2, -0.15) is 10.4 Å². The Bertz CT molecular complexity index is 348. The molecular weight excluding hydrogens is 178 g/mol. The van der Waals surface area contributed by atoms with Gasteiger partial charge in [0.1, 0.15) is 0 Å². The summed E-state index contributed by atoms with van der Waals surface area (Å²) in [5.74, 6) is 0.328. The van der Waals surface area contributed by atoms with Crippen molar-refractivity contribution < 1.29 is 4.79 Å². The maximum absolute atomic E-state index is 10.5. The van der Waals surface area contributed by atoms with Crippen LogP contribution in [-0.4, -0.2) is 16.1 Å². The highest BCUT2D eigenvalue weighted by molar-refractivity contribution is 5.73. The van der Waals surface area contributed by atoms with E-state index in [4.69, 9.17) is 5.26 Å². The van der Waals surface area contributed by atoms with Gasteiger partial charge in [0.15, 0.2) is 6.29 Å². The highest BCUT2D eigenvalue weighted by Gasteiger charge is 2.15. The fourth-order valence-corrected chi connectivity index (χ4v) is 1.32. The van der Waals surface area contributed by atoms with Gasteiger partial charge in [0, 0.05) is 6.20 Å². The monoisotopic (exact) mass is 191 g/mol. The van der Waals surface area contributed by atoms with E-state index >= 15 is 0 Å². The molecule has 0 aliphatic carbocycles. The highest BCUT2D eigenvalue weighted by atomic mass is 16.1. The first kappa shape index (κ1) is 10.5. The van der Waals surface area contributed by atoms with Crippen molar-refractivity contribution >= 4 is 6.29 Å². The lowest BCUT2D eigenvalue weighted by atomic mass is 10.0. The summed E-state index contributed by atoms with van der Waals surface area (Å²) in [6.07, 6.45) is 4.36. The van der Waals surface area contributed by atoms with Gasteiger partial charge in [-0.05, 0) is 5.92 Å². The maximum Gasteiger partial charge on any atom is 0.153 e. The van der Waals surface area contributed by atoms with Crippen molar-refractivity contribution in [3.8, 4) is 6.07 Å². The molecule has 4 heteroatoms. The second-order valence-corrected chi connectivity index (χ2v) is 3.55. The van der Waals surface area contributed by atoms with Gasteiger partial charge in [0.05, 0.1) is 30.3 Å². The number of rotatable bonds is 4. The van der Waals surface area contributed by atoms with Gasteiger partial charge < -0.3 is 0 Å². The summed E-state index contributed by atoms with van der Waals surface area (Å²) in [5.41, 5.74) is 0.550. The van der Waals surface area contributed by atoms with Crippen LogP contribution in [0.5, 0.6) is 0 Å². The Kier molecular flexibility index (Phi) is 3.41. The molecule has 1 aromatic rings. The number of hydrogen-bond acceptors (Lipinski definition) is 3. The van der Waals surface area contributed by atoms with Gasteiger partial charge in [-0.1, -0.05) is 13.8 Å². The summed E-state index contributed by atoms with van der Waals surface area (Å²) in [6.45, 7) is 4.06. The van der Waals surface area contributed by atoms with Crippen molar-refractivity contribution in [2.24, 2.45) is 5.92 Å². The van der Waals surface area contributed by atoms with Crippen LogP contribution in [0.4, 0.5) is 0 Å². The maximum atomic E-state index is 10.5. The van der Waals surface area contributed by atoms with Crippen molar-refractivity contribution in [1.29, 1.82) is 5.26 Å². The van der Waals surface area contributed by atoms with Crippen molar-refractivity contribution in [3.63, 3.8) is 0 Å². The molecule has 1 heterocycles. The topological polar surface area (TPSA) is 58.7 Å². The zero-order valence-electron chi connectivity index (χ0n) is 8.34. The van der Waals surface area contributed by atoms with Crippen LogP contribution in [0.15, 0.2) is 12.4 Å². The second-order valence-electron chi connectivity index (χ2n) is 3.55. The van der Waals surface area contributed by atoms with Gasteiger partial charge >= 0.3 is 0 Å². The Morgan fingerprint density at radius 3 is 2.86 bits per heavy atom. The van der Waals surface area contributed by atoms with Crippen LogP contribution in [0.25, 0.3) is 0 Å². The molecule has 0 aliphatic rings. The number of aldehydes is 1. The molecular formula is C10H13N3O. The molecule has 0 amide bonds. The lowest BCUT2D eigenvalue weighted by Gasteiger charge is -2.17. The van der Waals surface area contributed by atoms with Crippen LogP contribution in [0.2, 0.25) is 0 Å². The molecule has 1 unspecified atom stereocenters. The van der Waals surface area contributed by atoms with Crippen LogP contribution in [0.3, 0.4) is 0 Å². The molecule has 4 nitrogen and oxygen atoms in total. The fraction of sp³-hybridized carbons (Fsp3) is 0.500. The molecule has 0 N–H and O–H groups in total. The molecule has 1 atom stereocenters. The number of hydrogen-bond donors (Lipinski definition) is 0. The summed E-state index contributed by atoms with van der Waals surface area (Å²) in [5, 5.41) is 12.7. The summed E-state index contributed by atoms with van der Waals surface area (Å²) >= 11 is 0. The minimum Gasteiger partial charge on any atom is -0.298 e. The molecule has 0 saturated heterocycles. The van der Waals surface area contributed by atoms with E-state index in [-0.39, 0.29) is 6.04 Å². The molecule has 74 valence electrons. The first-order valence-corrected chi connectivity index (χ1v) is 4.55. The normalized spacial score (nSPS) is 12.4. The smallest absolute Gasteiger partial charge is 0.153 e. The van der Waals surface area contributed by atoms with Crippen LogP contribution in [-0.2, 0) is 0 Å². The Morgan fingerprint density at radius 1 is 1.71 bits per heavy atom. The molecule has 0 aliphatic heterocycles. The number of nitrogens with zero attached hydrogens (tertiary/aromatic N) is 3. The van der Waals surface area contributed by atoms with Gasteiger partial charge in [-0.25, -0.2) is 0 Å². The van der Waals surface area contributed by atoms with Crippen LogP contribution < -0.4 is 0 Å². The highest BCUT2D eigenvalue weighted by Crippen LogP contribution is 2.20. The molecule has 14 heavy (non-hydrogen) atoms. The Labute approximate surface area is 83.1 Å². The first-order valence-electron chi connectivity index (χ1n) is 4.55. The Hall–Kier alpha value is -1.63. The Balaban J connectivity index is 2.88. The van der Waals surface area contributed by atoms with Crippen molar-refractivity contribution in [2.45, 2.75) is 26.3 Å². The summed E-state index contributed by atoms with van der Waals surface area (Å²) in [6, 6.07) is 2.18. The van der Waals surface area contributed by atoms with Gasteiger partial charge in [-0.15, -0.1) is 0 Å². The number of nitriles is 1. The molecule has 0 saturated carbocycles. The van der Waals surface area contributed by atoms with Crippen LogP contribution in [0.1, 0.15) is 36.7 Å². The third-order valence-corrected chi connectivity index (χ3v) is 2.17. The van der Waals surface area contributed by atoms with E-state index in [1.807, 2.05) is 13.8 Å². The van der Waals surface area contributed by atoms with E-state index in [1.165, 1.54) is 6.20 Å². The van der Waals surface area contributed by atoms with Crippen molar-refractivity contribution in [1.82, 2.24) is 9.78 Å². The van der Waals surface area contributed by atoms with E-state index in [0.717, 1.165) is 6.29 Å². The zero-order chi connectivity index (χ0) is 10.6. The predicted molar refractivity (Wildman–Crippen MR) is 51.7 cm³/mol. The summed E-state index contributed by atoms with van der Waals surface area (Å²) in [4.78, 5) is 10.5. The Morgan fingerprint density at radius 2 is 2.43 bits per heavy atom. The van der Waals surface area contributed by atoms with Crippen molar-refractivity contribution in [3.05, 3.63) is 18.0 Å². The quantitative estimate of drug-likeness (QED) is 0.682. The molecule has 0 fully saturated rings. The number of aromatic nitrogens is 2. The molecule has 1 aromatic heterocycles. The SMILES string of the molecule is CC(C)C(CC#N)n1cc(C=O)cn1. The second kappa shape index (κ2) is 4.56. The third-order valence-electron chi connectivity index (χ3n) is 2.17. The zero-order valence-corrected chi connectivity index (χ0v) is 8.34. The molecule has 0 spiro atoms. The van der Waals surface area contributed by atoms with E-state index in [0.29, 0.717) is 17.9 Å². The van der Waals surface area contributed by atoms with E-state index in [9.17, 15) is 4.79 Å². The van der Waals surface area contributed by atoms with E-state index < -0.39 is 0 Å². The molecule has 0 bridgehead atoms. The van der Waals surface area contributed by atoms with E-state index in [1.54, 1.807) is 10.9 Å². The summed E-state index contributed by atoms with van der Waals surface area (Å²) in [7, 11) is 0. The minimum atomic E-state index is 0.0497. The standard InChI is InChI=1S/C10H13N3O/c1-8(2)10(3-4-11)13-6-9(7-14)5-12-13/h5-8,10H,3H2,1-2H3. The van der Waals surface area contributed by atoms with Crippen LogP contribution >= 0.6 is 0 Å². The average Bonchev–Trinajstić information content (AvgIpc) is 2.61. The molecule has 0 aromatic carbocycles. The predicted octanol–water partition coefficient (Wildman–Crippen LogP) is 1.81. The number of carbonyl (C=O) groups is 1. The van der Waals surface area contributed by atoms with Gasteiger partial charge in [0.25, 0.3) is 0 Å². The third kappa shape index (κ3) is 2.19. The first-order chi connectivity index (χ1) is 6.69. The van der Waals surface area contributed by atoms with Gasteiger partial charge in [-0.3, -0.25) is 9.48 Å². The van der Waals surface area contributed by atoms with E-state index in [2.05, 4.69) is 11.2 Å². The largest absolute Gasteiger partial charge is 0.298 e. The van der Waals surface area contributed by atoms with Gasteiger partial charge in [0.2, 0.25) is 0 Å². The minimum absolute atomic E-state index is 0.0497. The molecule has 1 rings (SSSR count). The average molecular weight is 191 g/mol. The summed E-state index contributed by atoms with van der Waals surface area (Å²) < 4.78 is 1.69. The number of carbonyl (C=O) groups excluding carboxylic acids is 1. The fourth-order valence-electron chi connectivity index (χ4n) is 1.32. The lowest BCUT2D eigenvalue weighted by molar-refractivity contribution is 0.112. The lowest BCUT2D eigenvalue weighted by Crippen LogP contribution is -2.15.